The van der Waals surface area contributed by atoms with Gasteiger partial charge >= 0.3 is 0 Å². The highest BCUT2D eigenvalue weighted by atomic mass is 19.1. The van der Waals surface area contributed by atoms with E-state index < -0.39 is 6.17 Å². The lowest BCUT2D eigenvalue weighted by Crippen LogP contribution is -2.40. The van der Waals surface area contributed by atoms with E-state index in [-0.39, 0.29) is 18.1 Å². The fourth-order valence-corrected chi connectivity index (χ4v) is 2.97. The molecule has 0 spiro atoms. The van der Waals surface area contributed by atoms with Crippen LogP contribution in [0.3, 0.4) is 0 Å². The average molecular weight is 341 g/mol. The Hall–Kier alpha value is -1.47. The molecule has 1 aliphatic heterocycles. The number of amides is 1. The minimum absolute atomic E-state index is 0.0105. The monoisotopic (exact) mass is 341 g/mol. The Bertz CT molecular complexity index is 528. The van der Waals surface area contributed by atoms with Crippen molar-refractivity contribution in [1.29, 1.82) is 0 Å². The van der Waals surface area contributed by atoms with Crippen LogP contribution in [0.15, 0.2) is 4.52 Å². The van der Waals surface area contributed by atoms with E-state index in [1.807, 2.05) is 27.7 Å². The van der Waals surface area contributed by atoms with Crippen LogP contribution in [0, 0.1) is 13.8 Å². The second-order valence-electron chi connectivity index (χ2n) is 6.69. The molecule has 0 aromatic carbocycles. The van der Waals surface area contributed by atoms with Crippen molar-refractivity contribution in [2.24, 2.45) is 0 Å². The summed E-state index contributed by atoms with van der Waals surface area (Å²) in [5.41, 5.74) is 1.84. The van der Waals surface area contributed by atoms with Gasteiger partial charge < -0.3 is 14.6 Å². The van der Waals surface area contributed by atoms with Crippen LogP contribution in [0.1, 0.15) is 43.7 Å². The van der Waals surface area contributed by atoms with E-state index in [0.717, 1.165) is 17.0 Å². The predicted molar refractivity (Wildman–Crippen MR) is 88.4 cm³/mol. The van der Waals surface area contributed by atoms with Crippen molar-refractivity contribution in [3.05, 3.63) is 17.0 Å². The number of likely N-dealkylation sites (tertiary alicyclic amines) is 1. The molecule has 1 saturated heterocycles. The van der Waals surface area contributed by atoms with Crippen LogP contribution in [-0.2, 0) is 16.1 Å². The fraction of sp³-hybridized carbons (Fsp3) is 0.765. The van der Waals surface area contributed by atoms with Gasteiger partial charge in [-0.25, -0.2) is 4.39 Å². The van der Waals surface area contributed by atoms with E-state index in [2.05, 4.69) is 15.4 Å². The molecule has 7 heteroatoms. The molecule has 0 radical (unpaired) electrons. The van der Waals surface area contributed by atoms with Gasteiger partial charge in [-0.05, 0) is 34.1 Å². The molecule has 0 aliphatic carbocycles. The highest BCUT2D eigenvalue weighted by Crippen LogP contribution is 2.24. The number of nitrogens with one attached hydrogen (secondary N) is 1. The topological polar surface area (TPSA) is 67.6 Å². The van der Waals surface area contributed by atoms with Crippen LogP contribution in [0.2, 0.25) is 0 Å². The van der Waals surface area contributed by atoms with Crippen LogP contribution in [0.25, 0.3) is 0 Å². The first-order valence-corrected chi connectivity index (χ1v) is 8.55. The van der Waals surface area contributed by atoms with E-state index in [0.29, 0.717) is 39.1 Å². The van der Waals surface area contributed by atoms with Crippen LogP contribution < -0.4 is 5.32 Å². The molecule has 0 unspecified atom stereocenters. The van der Waals surface area contributed by atoms with Gasteiger partial charge in [-0.3, -0.25) is 9.69 Å². The smallest absolute Gasteiger partial charge is 0.222 e. The van der Waals surface area contributed by atoms with E-state index in [1.165, 1.54) is 0 Å². The lowest BCUT2D eigenvalue weighted by Gasteiger charge is -2.24. The molecule has 1 aliphatic rings. The second kappa shape index (κ2) is 8.58. The van der Waals surface area contributed by atoms with Gasteiger partial charge in [-0.15, -0.1) is 0 Å². The number of ether oxygens (including phenoxy) is 1. The Morgan fingerprint density at radius 1 is 1.50 bits per heavy atom. The lowest BCUT2D eigenvalue weighted by molar-refractivity contribution is -0.122. The van der Waals surface area contributed by atoms with Crippen LogP contribution >= 0.6 is 0 Å². The lowest BCUT2D eigenvalue weighted by atomic mass is 10.1. The van der Waals surface area contributed by atoms with Crippen molar-refractivity contribution in [1.82, 2.24) is 15.4 Å². The van der Waals surface area contributed by atoms with Crippen LogP contribution in [0.5, 0.6) is 0 Å². The summed E-state index contributed by atoms with van der Waals surface area (Å²) in [6, 6.07) is -0.0105. The SMILES string of the molecule is Cc1noc(C)c1CN1C[C@@H](F)C[C@H]1CNC(=O)CCOC(C)C. The quantitative estimate of drug-likeness (QED) is 0.785. The van der Waals surface area contributed by atoms with Crippen molar-refractivity contribution < 1.29 is 18.4 Å². The Morgan fingerprint density at radius 3 is 2.88 bits per heavy atom. The molecular formula is C17H28FN3O3. The van der Waals surface area contributed by atoms with Crippen molar-refractivity contribution in [3.8, 4) is 0 Å². The number of halogens is 1. The molecule has 2 rings (SSSR count). The summed E-state index contributed by atoms with van der Waals surface area (Å²) in [5.74, 6) is 0.707. The normalized spacial score (nSPS) is 21.6. The summed E-state index contributed by atoms with van der Waals surface area (Å²) in [5, 5.41) is 6.84. The highest BCUT2D eigenvalue weighted by molar-refractivity contribution is 5.75. The third-order valence-corrected chi connectivity index (χ3v) is 4.33. The summed E-state index contributed by atoms with van der Waals surface area (Å²) in [6.45, 7) is 9.45. The molecule has 0 bridgehead atoms. The Morgan fingerprint density at radius 2 is 2.25 bits per heavy atom. The summed E-state index contributed by atoms with van der Waals surface area (Å²) >= 11 is 0. The minimum Gasteiger partial charge on any atom is -0.378 e. The Balaban J connectivity index is 1.83. The van der Waals surface area contributed by atoms with Gasteiger partial charge in [0.25, 0.3) is 0 Å². The Kier molecular flexibility index (Phi) is 6.74. The van der Waals surface area contributed by atoms with Gasteiger partial charge in [-0.2, -0.15) is 0 Å². The van der Waals surface area contributed by atoms with Gasteiger partial charge in [0, 0.05) is 37.7 Å². The zero-order valence-corrected chi connectivity index (χ0v) is 15.0. The second-order valence-corrected chi connectivity index (χ2v) is 6.69. The number of alkyl halides is 1. The van der Waals surface area contributed by atoms with Crippen LogP contribution in [0.4, 0.5) is 4.39 Å². The van der Waals surface area contributed by atoms with Crippen molar-refractivity contribution in [3.63, 3.8) is 0 Å². The van der Waals surface area contributed by atoms with Gasteiger partial charge in [-0.1, -0.05) is 5.16 Å². The first-order valence-electron chi connectivity index (χ1n) is 8.55. The number of hydrogen-bond acceptors (Lipinski definition) is 5. The third-order valence-electron chi connectivity index (χ3n) is 4.33. The summed E-state index contributed by atoms with van der Waals surface area (Å²) < 4.78 is 24.4. The number of nitrogens with zero attached hydrogens (tertiary/aromatic N) is 2. The standard InChI is InChI=1S/C17H28FN3O3/c1-11(2)23-6-5-17(22)19-8-15-7-14(18)9-21(15)10-16-12(3)20-24-13(16)4/h11,14-15H,5-10H2,1-4H3,(H,19,22)/t14-,15-/m0/s1. The number of hydrogen-bond donors (Lipinski definition) is 1. The molecule has 1 aromatic heterocycles. The zero-order valence-electron chi connectivity index (χ0n) is 15.0. The Labute approximate surface area is 142 Å². The van der Waals surface area contributed by atoms with E-state index >= 15 is 0 Å². The zero-order chi connectivity index (χ0) is 17.7. The van der Waals surface area contributed by atoms with Crippen molar-refractivity contribution in [2.45, 2.75) is 65.4 Å². The number of carbonyl (C=O) groups is 1. The summed E-state index contributed by atoms with van der Waals surface area (Å²) in [6.07, 6.45) is 0.0158. The maximum atomic E-state index is 13.9. The number of carbonyl (C=O) groups excluding carboxylic acids is 1. The first kappa shape index (κ1) is 18.9. The largest absolute Gasteiger partial charge is 0.378 e. The average Bonchev–Trinajstić information content (AvgIpc) is 3.01. The summed E-state index contributed by atoms with van der Waals surface area (Å²) in [4.78, 5) is 13.9. The van der Waals surface area contributed by atoms with Gasteiger partial charge in [0.2, 0.25) is 5.91 Å². The molecule has 2 atom stereocenters. The van der Waals surface area contributed by atoms with Gasteiger partial charge in [0.1, 0.15) is 11.9 Å². The predicted octanol–water partition coefficient (Wildman–Crippen LogP) is 2.14. The molecule has 2 heterocycles. The van der Waals surface area contributed by atoms with E-state index in [1.54, 1.807) is 0 Å². The molecular weight excluding hydrogens is 313 g/mol. The van der Waals surface area contributed by atoms with Crippen molar-refractivity contribution in [2.75, 3.05) is 19.7 Å². The third kappa shape index (κ3) is 5.27. The molecule has 0 saturated carbocycles. The number of aromatic nitrogens is 1. The first-order chi connectivity index (χ1) is 11.4. The number of aryl methyl sites for hydroxylation is 2. The molecule has 1 N–H and O–H groups in total. The van der Waals surface area contributed by atoms with Crippen molar-refractivity contribution >= 4 is 5.91 Å². The van der Waals surface area contributed by atoms with Gasteiger partial charge in [0.05, 0.1) is 18.4 Å². The number of rotatable bonds is 8. The maximum absolute atomic E-state index is 13.9. The van der Waals surface area contributed by atoms with E-state index in [4.69, 9.17) is 9.26 Å². The van der Waals surface area contributed by atoms with Crippen LogP contribution in [-0.4, -0.2) is 54.0 Å². The summed E-state index contributed by atoms with van der Waals surface area (Å²) in [7, 11) is 0. The highest BCUT2D eigenvalue weighted by Gasteiger charge is 2.33. The molecule has 136 valence electrons. The molecule has 6 nitrogen and oxygen atoms in total. The molecule has 1 aromatic rings. The molecule has 1 fully saturated rings. The van der Waals surface area contributed by atoms with Gasteiger partial charge in [0.15, 0.2) is 0 Å². The fourth-order valence-electron chi connectivity index (χ4n) is 2.97. The maximum Gasteiger partial charge on any atom is 0.222 e. The van der Waals surface area contributed by atoms with E-state index in [9.17, 15) is 9.18 Å². The molecule has 24 heavy (non-hydrogen) atoms. The minimum atomic E-state index is -0.864. The molecule has 1 amide bonds.